The molecule has 0 spiro atoms. The van der Waals surface area contributed by atoms with Crippen molar-refractivity contribution in [3.8, 4) is 22.4 Å². The van der Waals surface area contributed by atoms with Gasteiger partial charge in [-0.1, -0.05) is 12.1 Å². The van der Waals surface area contributed by atoms with E-state index in [1.54, 1.807) is 41.4 Å². The molecular weight excluding hydrogens is 376 g/mol. The van der Waals surface area contributed by atoms with E-state index in [0.717, 1.165) is 27.9 Å². The van der Waals surface area contributed by atoms with Crippen molar-refractivity contribution in [1.29, 1.82) is 0 Å². The molecule has 0 aliphatic rings. The van der Waals surface area contributed by atoms with Gasteiger partial charge in [-0.05, 0) is 32.0 Å². The van der Waals surface area contributed by atoms with Gasteiger partial charge < -0.3 is 0 Å². The van der Waals surface area contributed by atoms with E-state index in [-0.39, 0.29) is 0 Å². The first-order chi connectivity index (χ1) is 13.3. The van der Waals surface area contributed by atoms with Gasteiger partial charge in [0.05, 0.1) is 22.7 Å². The summed E-state index contributed by atoms with van der Waals surface area (Å²) < 4.78 is 30.2. The summed E-state index contributed by atoms with van der Waals surface area (Å²) in [5, 5.41) is 8.00. The minimum absolute atomic E-state index is 0.500. The number of nitrogens with one attached hydrogen (secondary N) is 1. The molecular formula is C19H20N6O2S. The van der Waals surface area contributed by atoms with Crippen LogP contribution in [0.15, 0.2) is 55.2 Å². The standard InChI is InChI=1S/C19H20N6O2S/c1-13(2)28(26,27)23-17-6-4-14(5-7-17)19-18-8-15(11-25(18)22-12-20-19)16-9-21-24(3)10-16/h4-13,23H,1-3H3. The van der Waals surface area contributed by atoms with Crippen LogP contribution in [0, 0.1) is 0 Å². The van der Waals surface area contributed by atoms with Gasteiger partial charge >= 0.3 is 0 Å². The first-order valence-corrected chi connectivity index (χ1v) is 10.3. The fourth-order valence-electron chi connectivity index (χ4n) is 2.86. The summed E-state index contributed by atoms with van der Waals surface area (Å²) >= 11 is 0. The molecule has 0 saturated heterocycles. The molecule has 4 rings (SSSR count). The maximum absolute atomic E-state index is 12.0. The topological polar surface area (TPSA) is 94.2 Å². The molecule has 1 N–H and O–H groups in total. The molecule has 0 aliphatic heterocycles. The zero-order chi connectivity index (χ0) is 19.9. The van der Waals surface area contributed by atoms with Crippen molar-refractivity contribution in [2.24, 2.45) is 7.05 Å². The zero-order valence-corrected chi connectivity index (χ0v) is 16.6. The quantitative estimate of drug-likeness (QED) is 0.560. The lowest BCUT2D eigenvalue weighted by Crippen LogP contribution is -2.22. The SMILES string of the molecule is CC(C)S(=O)(=O)Nc1ccc(-c2ncnn3cc(-c4cnn(C)c4)cc23)cc1. The lowest BCUT2D eigenvalue weighted by atomic mass is 10.1. The van der Waals surface area contributed by atoms with Gasteiger partial charge in [0, 0.05) is 41.8 Å². The third-order valence-corrected chi connectivity index (χ3v) is 6.24. The highest BCUT2D eigenvalue weighted by atomic mass is 32.2. The molecule has 28 heavy (non-hydrogen) atoms. The van der Waals surface area contributed by atoms with Crippen LogP contribution < -0.4 is 4.72 Å². The first-order valence-electron chi connectivity index (χ1n) is 8.78. The number of fused-ring (bicyclic) bond motifs is 1. The minimum Gasteiger partial charge on any atom is -0.283 e. The fraction of sp³-hybridized carbons (Fsp3) is 0.211. The molecule has 3 aromatic heterocycles. The average Bonchev–Trinajstić information content (AvgIpc) is 3.27. The number of sulfonamides is 1. The van der Waals surface area contributed by atoms with Crippen LogP contribution in [0.2, 0.25) is 0 Å². The molecule has 0 bridgehead atoms. The van der Waals surface area contributed by atoms with Crippen LogP contribution in [0.25, 0.3) is 27.9 Å². The van der Waals surface area contributed by atoms with Gasteiger partial charge in [-0.2, -0.15) is 10.2 Å². The Morgan fingerprint density at radius 3 is 2.39 bits per heavy atom. The van der Waals surface area contributed by atoms with Crippen molar-refractivity contribution in [3.63, 3.8) is 0 Å². The number of hydrogen-bond donors (Lipinski definition) is 1. The Kier molecular flexibility index (Phi) is 4.38. The first kappa shape index (κ1) is 18.2. The van der Waals surface area contributed by atoms with Crippen molar-refractivity contribution >= 4 is 21.2 Å². The highest BCUT2D eigenvalue weighted by molar-refractivity contribution is 7.93. The van der Waals surface area contributed by atoms with E-state index in [4.69, 9.17) is 0 Å². The molecule has 144 valence electrons. The zero-order valence-electron chi connectivity index (χ0n) is 15.7. The number of nitrogens with zero attached hydrogens (tertiary/aromatic N) is 5. The average molecular weight is 396 g/mol. The van der Waals surface area contributed by atoms with E-state index in [1.165, 1.54) is 6.33 Å². The monoisotopic (exact) mass is 396 g/mol. The van der Waals surface area contributed by atoms with Gasteiger partial charge in [-0.25, -0.2) is 17.9 Å². The Bertz CT molecular complexity index is 1240. The summed E-state index contributed by atoms with van der Waals surface area (Å²) in [5.74, 6) is 0. The number of aromatic nitrogens is 5. The van der Waals surface area contributed by atoms with E-state index in [0.29, 0.717) is 5.69 Å². The predicted molar refractivity (Wildman–Crippen MR) is 108 cm³/mol. The lowest BCUT2D eigenvalue weighted by molar-refractivity contribution is 0.593. The van der Waals surface area contributed by atoms with Crippen LogP contribution in [-0.4, -0.2) is 38.0 Å². The van der Waals surface area contributed by atoms with E-state index in [9.17, 15) is 8.42 Å². The molecule has 0 aliphatic carbocycles. The smallest absolute Gasteiger partial charge is 0.235 e. The molecule has 4 aromatic rings. The molecule has 0 radical (unpaired) electrons. The molecule has 0 saturated carbocycles. The predicted octanol–water partition coefficient (Wildman–Crippen LogP) is 2.95. The molecule has 0 unspecified atom stereocenters. The van der Waals surface area contributed by atoms with Crippen molar-refractivity contribution in [3.05, 3.63) is 55.2 Å². The third kappa shape index (κ3) is 3.36. The van der Waals surface area contributed by atoms with Crippen LogP contribution in [0.4, 0.5) is 5.69 Å². The summed E-state index contributed by atoms with van der Waals surface area (Å²) in [5.41, 5.74) is 5.01. The normalized spacial score (nSPS) is 12.0. The maximum atomic E-state index is 12.0. The van der Waals surface area contributed by atoms with Gasteiger partial charge in [-0.3, -0.25) is 9.40 Å². The summed E-state index contributed by atoms with van der Waals surface area (Å²) in [6.45, 7) is 3.28. The lowest BCUT2D eigenvalue weighted by Gasteiger charge is -2.11. The molecule has 3 heterocycles. The van der Waals surface area contributed by atoms with Crippen LogP contribution in [0.5, 0.6) is 0 Å². The largest absolute Gasteiger partial charge is 0.283 e. The highest BCUT2D eigenvalue weighted by Crippen LogP contribution is 2.28. The van der Waals surface area contributed by atoms with E-state index in [1.807, 2.05) is 37.6 Å². The maximum Gasteiger partial charge on any atom is 0.235 e. The van der Waals surface area contributed by atoms with Gasteiger partial charge in [0.25, 0.3) is 0 Å². The summed E-state index contributed by atoms with van der Waals surface area (Å²) in [6, 6.07) is 9.17. The summed E-state index contributed by atoms with van der Waals surface area (Å²) in [6.07, 6.45) is 7.18. The Balaban J connectivity index is 1.70. The van der Waals surface area contributed by atoms with Crippen LogP contribution in [0.1, 0.15) is 13.8 Å². The molecule has 9 heteroatoms. The van der Waals surface area contributed by atoms with Crippen molar-refractivity contribution in [2.45, 2.75) is 19.1 Å². The highest BCUT2D eigenvalue weighted by Gasteiger charge is 2.16. The molecule has 0 atom stereocenters. The van der Waals surface area contributed by atoms with Gasteiger partial charge in [0.1, 0.15) is 6.33 Å². The molecule has 0 amide bonds. The van der Waals surface area contributed by atoms with Crippen molar-refractivity contribution in [1.82, 2.24) is 24.4 Å². The van der Waals surface area contributed by atoms with Gasteiger partial charge in [0.2, 0.25) is 10.0 Å². The van der Waals surface area contributed by atoms with Crippen molar-refractivity contribution in [2.75, 3.05) is 4.72 Å². The van der Waals surface area contributed by atoms with E-state index in [2.05, 4.69) is 19.9 Å². The number of benzene rings is 1. The van der Waals surface area contributed by atoms with Crippen LogP contribution >= 0.6 is 0 Å². The second kappa shape index (κ2) is 6.75. The molecule has 1 aromatic carbocycles. The van der Waals surface area contributed by atoms with Crippen LogP contribution in [-0.2, 0) is 17.1 Å². The summed E-state index contributed by atoms with van der Waals surface area (Å²) in [7, 11) is -1.50. The van der Waals surface area contributed by atoms with E-state index >= 15 is 0 Å². The number of rotatable bonds is 5. The second-order valence-corrected chi connectivity index (χ2v) is 9.08. The second-order valence-electron chi connectivity index (χ2n) is 6.84. The summed E-state index contributed by atoms with van der Waals surface area (Å²) in [4.78, 5) is 4.43. The third-order valence-electron chi connectivity index (χ3n) is 4.48. The number of anilines is 1. The van der Waals surface area contributed by atoms with Gasteiger partial charge in [-0.15, -0.1) is 0 Å². The Labute approximate surface area is 162 Å². The Morgan fingerprint density at radius 1 is 1.00 bits per heavy atom. The Hall–Kier alpha value is -3.20. The van der Waals surface area contributed by atoms with Gasteiger partial charge in [0.15, 0.2) is 0 Å². The molecule has 0 fully saturated rings. The van der Waals surface area contributed by atoms with Crippen LogP contribution in [0.3, 0.4) is 0 Å². The molecule has 8 nitrogen and oxygen atoms in total. The Morgan fingerprint density at radius 2 is 1.75 bits per heavy atom. The van der Waals surface area contributed by atoms with E-state index < -0.39 is 15.3 Å². The van der Waals surface area contributed by atoms with Crippen molar-refractivity contribution < 1.29 is 8.42 Å². The number of hydrogen-bond acceptors (Lipinski definition) is 5. The fourth-order valence-corrected chi connectivity index (χ4v) is 3.56. The minimum atomic E-state index is -3.38. The number of aryl methyl sites for hydroxylation is 1.